The minimum Gasteiger partial charge on any atom is -0.385 e. The minimum absolute atomic E-state index is 0.216. The fourth-order valence-corrected chi connectivity index (χ4v) is 0.896. The molecule has 5 heteroatoms. The van der Waals surface area contributed by atoms with Crippen molar-refractivity contribution in [1.29, 1.82) is 0 Å². The van der Waals surface area contributed by atoms with Crippen molar-refractivity contribution in [1.82, 2.24) is 4.72 Å². The summed E-state index contributed by atoms with van der Waals surface area (Å²) in [6.45, 7) is 11.2. The first-order valence-corrected chi connectivity index (χ1v) is 7.33. The molecule has 0 radical (unpaired) electrons. The zero-order valence-electron chi connectivity index (χ0n) is 13.4. The van der Waals surface area contributed by atoms with Crippen molar-refractivity contribution in [3.05, 3.63) is 35.4 Å². The Kier molecular flexibility index (Phi) is 27.6. The highest BCUT2D eigenvalue weighted by Crippen LogP contribution is 1.99. The molecule has 3 nitrogen and oxygen atoms in total. The smallest absolute Gasteiger partial charge is 0.218 e. The van der Waals surface area contributed by atoms with Crippen LogP contribution in [-0.2, 0) is 9.53 Å². The van der Waals surface area contributed by atoms with E-state index in [0.717, 1.165) is 13.0 Å². The number of hydrogen-bond donors (Lipinski definition) is 1. The molecule has 0 fully saturated rings. The van der Waals surface area contributed by atoms with Gasteiger partial charge in [-0.3, -0.25) is 9.52 Å². The monoisotopic (exact) mass is 305 g/mol. The normalized spacial score (nSPS) is 7.75. The quantitative estimate of drug-likeness (QED) is 0.650. The number of rotatable bonds is 4. The Morgan fingerprint density at radius 3 is 1.70 bits per heavy atom. The van der Waals surface area contributed by atoms with Gasteiger partial charge in [-0.2, -0.15) is 0 Å². The molecule has 1 aromatic carbocycles. The molecular formula is C15H28FNO2S. The summed E-state index contributed by atoms with van der Waals surface area (Å²) < 4.78 is 16.9. The molecule has 0 saturated carbocycles. The second-order valence-electron chi connectivity index (χ2n) is 3.46. The van der Waals surface area contributed by atoms with Crippen LogP contribution in [-0.4, -0.2) is 20.1 Å². The Morgan fingerprint density at radius 1 is 1.20 bits per heavy atom. The van der Waals surface area contributed by atoms with Gasteiger partial charge in [-0.25, -0.2) is 0 Å². The first-order valence-electron chi connectivity index (χ1n) is 6.61. The predicted molar refractivity (Wildman–Crippen MR) is 87.3 cm³/mol. The molecule has 0 spiro atoms. The lowest BCUT2D eigenvalue weighted by Crippen LogP contribution is -1.92. The van der Waals surface area contributed by atoms with Crippen LogP contribution in [0.15, 0.2) is 24.3 Å². The second-order valence-corrected chi connectivity index (χ2v) is 3.85. The number of benzene rings is 1. The van der Waals surface area contributed by atoms with E-state index >= 15 is 0 Å². The van der Waals surface area contributed by atoms with Crippen LogP contribution < -0.4 is 4.72 Å². The standard InChI is InChI=1S/C8H10.C4H10O.C2H6.CH2FNOS/c1-7-3-5-8(2)6-4-7;1-3-4-5-2;1-2;2-5-3-1-4/h3-6H,1-2H3;3-4H2,1-2H3;1-2H3;1H,(H,3,4). The van der Waals surface area contributed by atoms with E-state index in [1.165, 1.54) is 11.1 Å². The van der Waals surface area contributed by atoms with E-state index in [-0.39, 0.29) is 18.7 Å². The molecule has 0 heterocycles. The fraction of sp³-hybridized carbons (Fsp3) is 0.533. The molecule has 0 aromatic heterocycles. The van der Waals surface area contributed by atoms with Gasteiger partial charge < -0.3 is 4.74 Å². The molecular weight excluding hydrogens is 277 g/mol. The highest BCUT2D eigenvalue weighted by molar-refractivity contribution is 7.92. The first kappa shape index (κ1) is 24.0. The van der Waals surface area contributed by atoms with Crippen molar-refractivity contribution in [2.45, 2.75) is 41.0 Å². The molecule has 0 atom stereocenters. The minimum atomic E-state index is -0.216. The van der Waals surface area contributed by atoms with Gasteiger partial charge >= 0.3 is 0 Å². The summed E-state index contributed by atoms with van der Waals surface area (Å²) in [4.78, 5) is 9.03. The Labute approximate surface area is 127 Å². The average Bonchev–Trinajstić information content (AvgIpc) is 2.47. The van der Waals surface area contributed by atoms with Gasteiger partial charge in [-0.05, 0) is 20.3 Å². The Hall–Kier alpha value is -1.07. The highest BCUT2D eigenvalue weighted by Gasteiger charge is 1.79. The molecule has 0 aliphatic heterocycles. The summed E-state index contributed by atoms with van der Waals surface area (Å²) in [7, 11) is 1.71. The summed E-state index contributed by atoms with van der Waals surface area (Å²) in [6, 6.07) is 8.48. The number of halogens is 1. The molecule has 0 bridgehead atoms. The van der Waals surface area contributed by atoms with Gasteiger partial charge in [0, 0.05) is 13.7 Å². The van der Waals surface area contributed by atoms with E-state index < -0.39 is 0 Å². The molecule has 0 aliphatic carbocycles. The lowest BCUT2D eigenvalue weighted by atomic mass is 10.2. The number of hydrogen-bond acceptors (Lipinski definition) is 3. The first-order chi connectivity index (χ1) is 9.62. The third-order valence-electron chi connectivity index (χ3n) is 1.72. The van der Waals surface area contributed by atoms with Crippen LogP contribution in [0.3, 0.4) is 0 Å². The Balaban J connectivity index is -0.000000213. The molecule has 0 unspecified atom stereocenters. The topological polar surface area (TPSA) is 38.3 Å². The fourth-order valence-electron chi connectivity index (χ4n) is 0.859. The summed E-state index contributed by atoms with van der Waals surface area (Å²) >= 11 is -0.216. The Bertz CT molecular complexity index is 259. The maximum Gasteiger partial charge on any atom is 0.218 e. The number of carbonyl (C=O) groups excluding carboxylic acids is 1. The summed E-state index contributed by atoms with van der Waals surface area (Å²) in [5.41, 5.74) is 2.66. The van der Waals surface area contributed by atoms with Gasteiger partial charge in [-0.15, -0.1) is 3.89 Å². The molecule has 0 aliphatic rings. The lowest BCUT2D eigenvalue weighted by molar-refractivity contribution is -0.107. The van der Waals surface area contributed by atoms with Crippen LogP contribution >= 0.6 is 12.3 Å². The van der Waals surface area contributed by atoms with Crippen LogP contribution in [0.5, 0.6) is 0 Å². The largest absolute Gasteiger partial charge is 0.385 e. The van der Waals surface area contributed by atoms with Crippen molar-refractivity contribution in [3.63, 3.8) is 0 Å². The zero-order chi connectivity index (χ0) is 16.2. The van der Waals surface area contributed by atoms with E-state index in [2.05, 4.69) is 45.0 Å². The third kappa shape index (κ3) is 25.7. The van der Waals surface area contributed by atoms with Gasteiger partial charge in [0.15, 0.2) is 12.3 Å². The highest BCUT2D eigenvalue weighted by atomic mass is 32.2. The number of aryl methyl sites for hydroxylation is 2. The van der Waals surface area contributed by atoms with Gasteiger partial charge in [0.25, 0.3) is 0 Å². The van der Waals surface area contributed by atoms with Gasteiger partial charge in [0.05, 0.1) is 0 Å². The average molecular weight is 305 g/mol. The zero-order valence-corrected chi connectivity index (χ0v) is 14.2. The number of carbonyl (C=O) groups is 1. The number of amides is 1. The third-order valence-corrected chi connectivity index (χ3v) is 1.90. The van der Waals surface area contributed by atoms with E-state index in [1.54, 1.807) is 11.8 Å². The van der Waals surface area contributed by atoms with E-state index in [1.807, 2.05) is 13.8 Å². The van der Waals surface area contributed by atoms with Crippen LogP contribution in [0.1, 0.15) is 38.3 Å². The van der Waals surface area contributed by atoms with Crippen molar-refractivity contribution >= 4 is 18.7 Å². The molecule has 0 saturated heterocycles. The maximum absolute atomic E-state index is 10.6. The SMILES string of the molecule is CC.CCCOC.Cc1ccc(C)cc1.O=CNSF. The van der Waals surface area contributed by atoms with Gasteiger partial charge in [0.1, 0.15) is 0 Å². The molecule has 1 aromatic rings. The molecule has 20 heavy (non-hydrogen) atoms. The second kappa shape index (κ2) is 23.1. The maximum atomic E-state index is 10.6. The number of methoxy groups -OCH3 is 1. The Morgan fingerprint density at radius 2 is 1.60 bits per heavy atom. The van der Waals surface area contributed by atoms with Gasteiger partial charge in [-0.1, -0.05) is 56.2 Å². The predicted octanol–water partition coefficient (Wildman–Crippen LogP) is 4.64. The summed E-state index contributed by atoms with van der Waals surface area (Å²) in [6.07, 6.45) is 1.39. The van der Waals surface area contributed by atoms with Crippen LogP contribution in [0.25, 0.3) is 0 Å². The molecule has 1 amide bonds. The molecule has 1 N–H and O–H groups in total. The lowest BCUT2D eigenvalue weighted by Gasteiger charge is -1.90. The van der Waals surface area contributed by atoms with Crippen molar-refractivity contribution in [2.75, 3.05) is 13.7 Å². The van der Waals surface area contributed by atoms with Gasteiger partial charge in [0.2, 0.25) is 6.41 Å². The van der Waals surface area contributed by atoms with Crippen molar-refractivity contribution in [3.8, 4) is 0 Å². The molecule has 1 rings (SSSR count). The van der Waals surface area contributed by atoms with E-state index in [9.17, 15) is 3.89 Å². The summed E-state index contributed by atoms with van der Waals surface area (Å²) in [5.74, 6) is 0. The van der Waals surface area contributed by atoms with E-state index in [4.69, 9.17) is 9.53 Å². The van der Waals surface area contributed by atoms with Crippen molar-refractivity contribution < 1.29 is 13.4 Å². The van der Waals surface area contributed by atoms with E-state index in [0.29, 0.717) is 0 Å². The van der Waals surface area contributed by atoms with Crippen LogP contribution in [0.4, 0.5) is 3.89 Å². The molecule has 118 valence electrons. The number of nitrogens with one attached hydrogen (secondary N) is 1. The van der Waals surface area contributed by atoms with Crippen LogP contribution in [0, 0.1) is 13.8 Å². The number of ether oxygens (including phenoxy) is 1. The van der Waals surface area contributed by atoms with Crippen LogP contribution in [0.2, 0.25) is 0 Å². The van der Waals surface area contributed by atoms with Crippen molar-refractivity contribution in [2.24, 2.45) is 0 Å². The summed E-state index contributed by atoms with van der Waals surface area (Å²) in [5, 5.41) is 0.